The third-order valence-corrected chi connectivity index (χ3v) is 11.1. The second-order valence-corrected chi connectivity index (χ2v) is 15.8. The summed E-state index contributed by atoms with van der Waals surface area (Å²) in [6, 6.07) is 66.5. The van der Waals surface area contributed by atoms with Crippen LogP contribution in [0.3, 0.4) is 0 Å². The van der Waals surface area contributed by atoms with Gasteiger partial charge in [-0.3, -0.25) is 0 Å². The van der Waals surface area contributed by atoms with Crippen molar-refractivity contribution in [3.63, 3.8) is 0 Å². The zero-order chi connectivity index (χ0) is 38.5. The van der Waals surface area contributed by atoms with Crippen molar-refractivity contribution in [2.45, 2.75) is 26.2 Å². The SMILES string of the molecule is CC(C)(C)c1ccc(-c2ccc3c4c(cccc24)-c2cc(-c4ccc(-c5cc(-c6ccc(-c7ccccc7)cc6)nc(-c6ccccc6)n5)cc4)ccc2O3)cc1. The number of ether oxygens (including phenoxy) is 1. The van der Waals surface area contributed by atoms with E-state index >= 15 is 0 Å². The largest absolute Gasteiger partial charge is 0.456 e. The van der Waals surface area contributed by atoms with E-state index in [1.807, 2.05) is 24.3 Å². The Labute approximate surface area is 334 Å². The summed E-state index contributed by atoms with van der Waals surface area (Å²) >= 11 is 0. The highest BCUT2D eigenvalue weighted by atomic mass is 16.5. The topological polar surface area (TPSA) is 35.0 Å². The van der Waals surface area contributed by atoms with E-state index in [2.05, 4.69) is 185 Å². The van der Waals surface area contributed by atoms with E-state index < -0.39 is 0 Å². The van der Waals surface area contributed by atoms with Gasteiger partial charge in [0, 0.05) is 27.6 Å². The van der Waals surface area contributed by atoms with Crippen LogP contribution in [0.4, 0.5) is 0 Å². The molecule has 57 heavy (non-hydrogen) atoms. The quantitative estimate of drug-likeness (QED) is 0.171. The Morgan fingerprint density at radius 1 is 0.368 bits per heavy atom. The van der Waals surface area contributed by atoms with Gasteiger partial charge in [-0.1, -0.05) is 185 Å². The maximum atomic E-state index is 6.58. The average Bonchev–Trinajstić information content (AvgIpc) is 3.27. The van der Waals surface area contributed by atoms with Crippen molar-refractivity contribution in [3.05, 3.63) is 194 Å². The van der Waals surface area contributed by atoms with Crippen LogP contribution >= 0.6 is 0 Å². The molecule has 0 amide bonds. The molecule has 0 N–H and O–H groups in total. The summed E-state index contributed by atoms with van der Waals surface area (Å²) < 4.78 is 6.58. The van der Waals surface area contributed by atoms with E-state index in [0.29, 0.717) is 5.82 Å². The first kappa shape index (κ1) is 34.4. The number of rotatable bonds is 6. The third kappa shape index (κ3) is 6.47. The van der Waals surface area contributed by atoms with E-state index in [0.717, 1.165) is 61.7 Å². The minimum Gasteiger partial charge on any atom is -0.456 e. The number of aromatic nitrogens is 2. The summed E-state index contributed by atoms with van der Waals surface area (Å²) in [7, 11) is 0. The zero-order valence-corrected chi connectivity index (χ0v) is 32.2. The Balaban J connectivity index is 0.992. The van der Waals surface area contributed by atoms with Crippen LogP contribution in [-0.2, 0) is 5.41 Å². The molecule has 8 aromatic carbocycles. The van der Waals surface area contributed by atoms with Gasteiger partial charge in [-0.05, 0) is 79.6 Å². The minimum absolute atomic E-state index is 0.107. The molecule has 272 valence electrons. The fourth-order valence-corrected chi connectivity index (χ4v) is 7.97. The highest BCUT2D eigenvalue weighted by Gasteiger charge is 2.23. The van der Waals surface area contributed by atoms with Crippen LogP contribution in [-0.4, -0.2) is 9.97 Å². The number of hydrogen-bond acceptors (Lipinski definition) is 3. The summed E-state index contributed by atoms with van der Waals surface area (Å²) in [5, 5.41) is 2.35. The molecular weight excluding hydrogens is 693 g/mol. The highest BCUT2D eigenvalue weighted by molar-refractivity contribution is 6.10. The molecule has 2 heterocycles. The Bertz CT molecular complexity index is 2910. The number of nitrogens with zero attached hydrogens (tertiary/aromatic N) is 2. The van der Waals surface area contributed by atoms with Crippen LogP contribution in [0.5, 0.6) is 11.5 Å². The van der Waals surface area contributed by atoms with Crippen molar-refractivity contribution < 1.29 is 4.74 Å². The first-order valence-electron chi connectivity index (χ1n) is 19.6. The molecule has 10 rings (SSSR count). The van der Waals surface area contributed by atoms with Gasteiger partial charge >= 0.3 is 0 Å². The van der Waals surface area contributed by atoms with Gasteiger partial charge in [-0.15, -0.1) is 0 Å². The van der Waals surface area contributed by atoms with Gasteiger partial charge in [0.05, 0.1) is 11.4 Å². The molecule has 0 bridgehead atoms. The Kier molecular flexibility index (Phi) is 8.38. The van der Waals surface area contributed by atoms with E-state index in [1.54, 1.807) is 0 Å². The molecule has 9 aromatic rings. The summed E-state index contributed by atoms with van der Waals surface area (Å²) in [5.74, 6) is 2.47. The standard InChI is InChI=1S/C54H40N2O/c1-54(2,3)43-28-25-38(26-29-43)44-30-32-51-52-45(44)15-10-16-46(52)47-33-42(27-31-50(47)57-51)37-19-23-40(24-20-37)49-34-48(55-53(56-49)41-13-8-5-9-14-41)39-21-17-36(18-22-39)35-11-6-4-7-12-35/h4-34H,1-3H3. The molecule has 0 radical (unpaired) electrons. The molecule has 0 atom stereocenters. The lowest BCUT2D eigenvalue weighted by Gasteiger charge is -2.23. The van der Waals surface area contributed by atoms with E-state index in [-0.39, 0.29) is 5.41 Å². The van der Waals surface area contributed by atoms with Crippen LogP contribution < -0.4 is 4.74 Å². The predicted octanol–water partition coefficient (Wildman–Crippen LogP) is 14.7. The average molecular weight is 733 g/mol. The molecule has 1 aliphatic heterocycles. The van der Waals surface area contributed by atoms with Gasteiger partial charge in [-0.2, -0.15) is 0 Å². The maximum absolute atomic E-state index is 6.58. The molecule has 3 nitrogen and oxygen atoms in total. The van der Waals surface area contributed by atoms with Crippen LogP contribution in [0.15, 0.2) is 188 Å². The number of benzene rings is 8. The van der Waals surface area contributed by atoms with Crippen molar-refractivity contribution in [1.29, 1.82) is 0 Å². The molecule has 0 fully saturated rings. The fraction of sp³-hybridized carbons (Fsp3) is 0.0741. The lowest BCUT2D eigenvalue weighted by atomic mass is 9.85. The lowest BCUT2D eigenvalue weighted by molar-refractivity contribution is 0.487. The maximum Gasteiger partial charge on any atom is 0.160 e. The second-order valence-electron chi connectivity index (χ2n) is 15.8. The van der Waals surface area contributed by atoms with Crippen molar-refractivity contribution in [2.24, 2.45) is 0 Å². The Morgan fingerprint density at radius 3 is 1.53 bits per heavy atom. The van der Waals surface area contributed by atoms with Gasteiger partial charge < -0.3 is 4.74 Å². The van der Waals surface area contributed by atoms with Crippen LogP contribution in [0.25, 0.3) is 89.2 Å². The molecule has 3 heteroatoms. The predicted molar refractivity (Wildman–Crippen MR) is 236 cm³/mol. The second kappa shape index (κ2) is 13.9. The van der Waals surface area contributed by atoms with Gasteiger partial charge in [0.25, 0.3) is 0 Å². The number of fused-ring (bicyclic) bond motifs is 2. The molecule has 0 aliphatic carbocycles. The summed E-state index contributed by atoms with van der Waals surface area (Å²) in [6.45, 7) is 6.76. The summed E-state index contributed by atoms with van der Waals surface area (Å²) in [5.41, 5.74) is 15.6. The van der Waals surface area contributed by atoms with Crippen LogP contribution in [0, 0.1) is 0 Å². The first-order valence-corrected chi connectivity index (χ1v) is 19.6. The van der Waals surface area contributed by atoms with E-state index in [4.69, 9.17) is 14.7 Å². The van der Waals surface area contributed by atoms with Crippen molar-refractivity contribution in [2.75, 3.05) is 0 Å². The van der Waals surface area contributed by atoms with Crippen molar-refractivity contribution in [1.82, 2.24) is 9.97 Å². The molecule has 0 saturated heterocycles. The molecule has 1 aromatic heterocycles. The van der Waals surface area contributed by atoms with Gasteiger partial charge in [0.2, 0.25) is 0 Å². The smallest absolute Gasteiger partial charge is 0.160 e. The monoisotopic (exact) mass is 732 g/mol. The van der Waals surface area contributed by atoms with Crippen molar-refractivity contribution >= 4 is 10.8 Å². The zero-order valence-electron chi connectivity index (χ0n) is 32.2. The molecular formula is C54H40N2O. The van der Waals surface area contributed by atoms with Gasteiger partial charge in [0.1, 0.15) is 11.5 Å². The van der Waals surface area contributed by atoms with Crippen molar-refractivity contribution in [3.8, 4) is 89.9 Å². The molecule has 0 spiro atoms. The third-order valence-electron chi connectivity index (χ3n) is 11.1. The normalized spacial score (nSPS) is 11.9. The van der Waals surface area contributed by atoms with Gasteiger partial charge in [-0.25, -0.2) is 9.97 Å². The first-order chi connectivity index (χ1) is 27.9. The Morgan fingerprint density at radius 2 is 0.895 bits per heavy atom. The fourth-order valence-electron chi connectivity index (χ4n) is 7.97. The molecule has 1 aliphatic rings. The van der Waals surface area contributed by atoms with Crippen LogP contribution in [0.2, 0.25) is 0 Å². The summed E-state index contributed by atoms with van der Waals surface area (Å²) in [6.07, 6.45) is 0. The Hall–Kier alpha value is -7.10. The highest BCUT2D eigenvalue weighted by Crippen LogP contribution is 2.49. The molecule has 0 saturated carbocycles. The summed E-state index contributed by atoms with van der Waals surface area (Å²) in [4.78, 5) is 10.1. The number of hydrogen-bond donors (Lipinski definition) is 0. The van der Waals surface area contributed by atoms with Crippen LogP contribution in [0.1, 0.15) is 26.3 Å². The van der Waals surface area contributed by atoms with Gasteiger partial charge in [0.15, 0.2) is 5.82 Å². The lowest BCUT2D eigenvalue weighted by Crippen LogP contribution is -2.10. The van der Waals surface area contributed by atoms with E-state index in [1.165, 1.54) is 38.8 Å². The minimum atomic E-state index is 0.107. The molecule has 0 unspecified atom stereocenters. The van der Waals surface area contributed by atoms with E-state index in [9.17, 15) is 0 Å².